The number of hydrazone groups is 1. The van der Waals surface area contributed by atoms with Gasteiger partial charge in [0.2, 0.25) is 0 Å². The number of amides is 2. The molecule has 4 rings (SSSR count). The zero-order valence-corrected chi connectivity index (χ0v) is 21.4. The van der Waals surface area contributed by atoms with Crippen molar-refractivity contribution >= 4 is 17.7 Å². The van der Waals surface area contributed by atoms with Gasteiger partial charge in [0.1, 0.15) is 11.5 Å². The summed E-state index contributed by atoms with van der Waals surface area (Å²) in [5, 5.41) is 6.45. The summed E-state index contributed by atoms with van der Waals surface area (Å²) in [6, 6.07) is 13.5. The van der Waals surface area contributed by atoms with Crippen molar-refractivity contribution in [3.63, 3.8) is 0 Å². The van der Waals surface area contributed by atoms with Gasteiger partial charge in [-0.1, -0.05) is 24.3 Å². The van der Waals surface area contributed by atoms with Crippen LogP contribution in [0.4, 0.5) is 4.79 Å². The highest BCUT2D eigenvalue weighted by Crippen LogP contribution is 2.37. The average molecular weight is 495 g/mol. The number of piperazine rings is 1. The second kappa shape index (κ2) is 11.4. The van der Waals surface area contributed by atoms with E-state index in [2.05, 4.69) is 24.0 Å². The van der Waals surface area contributed by atoms with Crippen LogP contribution in [0.2, 0.25) is 0 Å². The lowest BCUT2D eigenvalue weighted by Gasteiger charge is -2.34. The van der Waals surface area contributed by atoms with Gasteiger partial charge in [-0.25, -0.2) is 9.80 Å². The molecular formula is C27H34N4O5. The van der Waals surface area contributed by atoms with E-state index in [4.69, 9.17) is 19.3 Å². The molecule has 0 bridgehead atoms. The molecule has 0 aromatic heterocycles. The second-order valence-electron chi connectivity index (χ2n) is 8.89. The molecule has 0 unspecified atom stereocenters. The second-order valence-corrected chi connectivity index (χ2v) is 8.89. The molecule has 192 valence electrons. The minimum Gasteiger partial charge on any atom is -0.497 e. The van der Waals surface area contributed by atoms with E-state index in [1.165, 1.54) is 0 Å². The lowest BCUT2D eigenvalue weighted by molar-refractivity contribution is -0.134. The third kappa shape index (κ3) is 5.46. The van der Waals surface area contributed by atoms with Gasteiger partial charge in [0.25, 0.3) is 5.91 Å². The Kier molecular flexibility index (Phi) is 8.10. The summed E-state index contributed by atoms with van der Waals surface area (Å²) in [7, 11) is 3.23. The Labute approximate surface area is 212 Å². The summed E-state index contributed by atoms with van der Waals surface area (Å²) < 4.78 is 16.0. The number of methoxy groups -OCH3 is 2. The normalized spacial score (nSPS) is 18.1. The molecule has 9 nitrogen and oxygen atoms in total. The first-order valence-corrected chi connectivity index (χ1v) is 12.3. The molecule has 36 heavy (non-hydrogen) atoms. The molecule has 9 heteroatoms. The van der Waals surface area contributed by atoms with Crippen molar-refractivity contribution in [3.8, 4) is 11.5 Å². The van der Waals surface area contributed by atoms with Gasteiger partial charge in [-0.3, -0.25) is 9.69 Å². The Morgan fingerprint density at radius 3 is 2.44 bits per heavy atom. The van der Waals surface area contributed by atoms with Gasteiger partial charge < -0.3 is 19.1 Å². The molecule has 1 saturated heterocycles. The maximum absolute atomic E-state index is 13.6. The maximum Gasteiger partial charge on any atom is 0.409 e. The molecule has 2 heterocycles. The molecule has 2 aliphatic heterocycles. The number of benzene rings is 2. The van der Waals surface area contributed by atoms with Crippen LogP contribution in [-0.2, 0) is 9.53 Å². The van der Waals surface area contributed by atoms with Crippen LogP contribution in [-0.4, -0.2) is 86.1 Å². The monoisotopic (exact) mass is 494 g/mol. The highest BCUT2D eigenvalue weighted by atomic mass is 16.6. The fourth-order valence-electron chi connectivity index (χ4n) is 4.71. The zero-order chi connectivity index (χ0) is 25.7. The van der Waals surface area contributed by atoms with Crippen molar-refractivity contribution < 1.29 is 23.8 Å². The third-order valence-corrected chi connectivity index (χ3v) is 6.69. The maximum atomic E-state index is 13.6. The Balaban J connectivity index is 1.55. The molecule has 2 aromatic rings. The van der Waals surface area contributed by atoms with E-state index in [1.807, 2.05) is 30.3 Å². The van der Waals surface area contributed by atoms with Crippen LogP contribution >= 0.6 is 0 Å². The Morgan fingerprint density at radius 1 is 1.03 bits per heavy atom. The highest BCUT2D eigenvalue weighted by Gasteiger charge is 2.36. The molecule has 0 spiro atoms. The Hall–Kier alpha value is -3.59. The molecule has 0 radical (unpaired) electrons. The van der Waals surface area contributed by atoms with E-state index in [0.29, 0.717) is 50.7 Å². The van der Waals surface area contributed by atoms with Crippen LogP contribution in [0.25, 0.3) is 0 Å². The number of carbonyl (C=O) groups excluding carboxylic acids is 2. The zero-order valence-electron chi connectivity index (χ0n) is 21.4. The lowest BCUT2D eigenvalue weighted by Crippen LogP contribution is -2.51. The smallest absolute Gasteiger partial charge is 0.409 e. The summed E-state index contributed by atoms with van der Waals surface area (Å²) in [4.78, 5) is 29.3. The summed E-state index contributed by atoms with van der Waals surface area (Å²) in [6.45, 7) is 6.71. The van der Waals surface area contributed by atoms with Crippen molar-refractivity contribution in [2.24, 2.45) is 5.10 Å². The van der Waals surface area contributed by atoms with E-state index in [1.54, 1.807) is 31.1 Å². The van der Waals surface area contributed by atoms with E-state index in [9.17, 15) is 9.59 Å². The summed E-state index contributed by atoms with van der Waals surface area (Å²) in [5.74, 6) is 1.27. The number of hydrogen-bond donors (Lipinski definition) is 0. The van der Waals surface area contributed by atoms with Gasteiger partial charge in [0, 0.05) is 44.2 Å². The van der Waals surface area contributed by atoms with Crippen molar-refractivity contribution in [1.29, 1.82) is 0 Å². The fraction of sp³-hybridized carbons (Fsp3) is 0.444. The SMILES string of the molecule is CCOC(=O)N1CCN(CC(=O)N2N=C(c3ccc(OC)cc3OC)C[C@@H]2c2ccccc2C)CC1. The molecule has 2 aliphatic rings. The van der Waals surface area contributed by atoms with Gasteiger partial charge in [-0.15, -0.1) is 0 Å². The van der Waals surface area contributed by atoms with Crippen molar-refractivity contribution in [3.05, 3.63) is 59.2 Å². The van der Waals surface area contributed by atoms with Crippen LogP contribution in [0.3, 0.4) is 0 Å². The van der Waals surface area contributed by atoms with Gasteiger partial charge in [0.15, 0.2) is 0 Å². The van der Waals surface area contributed by atoms with Crippen molar-refractivity contribution in [2.75, 3.05) is 53.6 Å². The molecule has 2 amide bonds. The number of rotatable bonds is 7. The van der Waals surface area contributed by atoms with Crippen LogP contribution in [0.1, 0.15) is 36.1 Å². The fourth-order valence-corrected chi connectivity index (χ4v) is 4.71. The quantitative estimate of drug-likeness (QED) is 0.586. The molecule has 1 fully saturated rings. The minimum atomic E-state index is -0.301. The Bertz CT molecular complexity index is 1130. The van der Waals surface area contributed by atoms with Crippen LogP contribution in [0.5, 0.6) is 11.5 Å². The van der Waals surface area contributed by atoms with Crippen LogP contribution in [0.15, 0.2) is 47.6 Å². The van der Waals surface area contributed by atoms with E-state index >= 15 is 0 Å². The number of nitrogens with zero attached hydrogens (tertiary/aromatic N) is 4. The van der Waals surface area contributed by atoms with Gasteiger partial charge in [0.05, 0.1) is 39.1 Å². The summed E-state index contributed by atoms with van der Waals surface area (Å²) >= 11 is 0. The first-order valence-electron chi connectivity index (χ1n) is 12.3. The Morgan fingerprint density at radius 2 is 1.78 bits per heavy atom. The van der Waals surface area contributed by atoms with Crippen LogP contribution < -0.4 is 9.47 Å². The van der Waals surface area contributed by atoms with Crippen molar-refractivity contribution in [1.82, 2.24) is 14.8 Å². The molecule has 0 N–H and O–H groups in total. The minimum absolute atomic E-state index is 0.0738. The first kappa shape index (κ1) is 25.5. The lowest BCUT2D eigenvalue weighted by atomic mass is 9.95. The standard InChI is InChI=1S/C27H34N4O5/c1-5-36-27(33)30-14-12-29(13-15-30)18-26(32)31-24(21-9-7-6-8-19(21)2)17-23(28-31)22-11-10-20(34-3)16-25(22)35-4/h6-11,16,24H,5,12-15,17-18H2,1-4H3/t24-/m1/s1. The van der Waals surface area contributed by atoms with Crippen molar-refractivity contribution in [2.45, 2.75) is 26.3 Å². The largest absolute Gasteiger partial charge is 0.497 e. The van der Waals surface area contributed by atoms with E-state index in [-0.39, 0.29) is 24.6 Å². The molecule has 2 aromatic carbocycles. The molecule has 0 saturated carbocycles. The number of carbonyl (C=O) groups is 2. The predicted octanol–water partition coefficient (Wildman–Crippen LogP) is 3.46. The van der Waals surface area contributed by atoms with Crippen LogP contribution in [0, 0.1) is 6.92 Å². The predicted molar refractivity (Wildman–Crippen MR) is 137 cm³/mol. The van der Waals surface area contributed by atoms with E-state index < -0.39 is 0 Å². The number of hydrogen-bond acceptors (Lipinski definition) is 7. The average Bonchev–Trinajstić information content (AvgIpc) is 3.34. The number of aryl methyl sites for hydroxylation is 1. The molecule has 1 atom stereocenters. The van der Waals surface area contributed by atoms with Gasteiger partial charge in [-0.05, 0) is 37.1 Å². The highest BCUT2D eigenvalue weighted by molar-refractivity contribution is 6.05. The molecular weight excluding hydrogens is 460 g/mol. The summed E-state index contributed by atoms with van der Waals surface area (Å²) in [5.41, 5.74) is 3.82. The first-order chi connectivity index (χ1) is 17.4. The topological polar surface area (TPSA) is 83.9 Å². The summed E-state index contributed by atoms with van der Waals surface area (Å²) in [6.07, 6.45) is 0.279. The third-order valence-electron chi connectivity index (χ3n) is 6.69. The van der Waals surface area contributed by atoms with E-state index in [0.717, 1.165) is 22.4 Å². The molecule has 0 aliphatic carbocycles. The van der Waals surface area contributed by atoms with Gasteiger partial charge in [-0.2, -0.15) is 5.10 Å². The number of ether oxygens (including phenoxy) is 3. The van der Waals surface area contributed by atoms with Gasteiger partial charge >= 0.3 is 6.09 Å².